The van der Waals surface area contributed by atoms with Gasteiger partial charge in [0, 0.05) is 20.0 Å². The molecular weight excluding hydrogens is 264 g/mol. The number of nitrogens with zero attached hydrogens (tertiary/aromatic N) is 2. The fourth-order valence-electron chi connectivity index (χ4n) is 3.74. The lowest BCUT2D eigenvalue weighted by molar-refractivity contribution is -0.140. The lowest BCUT2D eigenvalue weighted by Gasteiger charge is -2.48. The van der Waals surface area contributed by atoms with Gasteiger partial charge in [-0.2, -0.15) is 0 Å². The molecular formula is C17H24N2O2. The summed E-state index contributed by atoms with van der Waals surface area (Å²) in [6.45, 7) is 4.91. The second-order valence-electron chi connectivity index (χ2n) is 6.26. The molecule has 0 aromatic heterocycles. The van der Waals surface area contributed by atoms with Crippen molar-refractivity contribution in [3.63, 3.8) is 0 Å². The molecule has 2 aliphatic rings. The number of hydrogen-bond donors (Lipinski definition) is 1. The molecule has 2 atom stereocenters. The maximum Gasteiger partial charge on any atom is 0.219 e. The Balaban J connectivity index is 1.91. The Hall–Kier alpha value is -1.39. The van der Waals surface area contributed by atoms with E-state index in [0.717, 1.165) is 18.7 Å². The summed E-state index contributed by atoms with van der Waals surface area (Å²) in [5.74, 6) is 0.106. The lowest BCUT2D eigenvalue weighted by Crippen LogP contribution is -2.60. The summed E-state index contributed by atoms with van der Waals surface area (Å²) in [5.41, 5.74) is 0.127. The van der Waals surface area contributed by atoms with Crippen LogP contribution in [0.4, 0.5) is 0 Å². The third kappa shape index (κ3) is 2.70. The Bertz CT molecular complexity index is 499. The van der Waals surface area contributed by atoms with Gasteiger partial charge >= 0.3 is 0 Å². The molecule has 2 aliphatic heterocycles. The smallest absolute Gasteiger partial charge is 0.219 e. The highest BCUT2D eigenvalue weighted by molar-refractivity contribution is 5.73. The monoisotopic (exact) mass is 288 g/mol. The highest BCUT2D eigenvalue weighted by Crippen LogP contribution is 2.37. The quantitative estimate of drug-likeness (QED) is 0.899. The molecule has 2 heterocycles. The van der Waals surface area contributed by atoms with Crippen molar-refractivity contribution in [2.24, 2.45) is 0 Å². The van der Waals surface area contributed by atoms with Crippen molar-refractivity contribution in [1.82, 2.24) is 9.80 Å². The van der Waals surface area contributed by atoms with Gasteiger partial charge in [0.2, 0.25) is 5.91 Å². The standard InChI is InChI=1S/C17H24N2O2/c1-14(20)19-12-9-17(21,15-7-3-2-4-8-15)16(13-19)18-10-5-6-11-18/h2-4,7-8,16,21H,5-6,9-13H2,1H3/t16-,17-/m1/s1. The van der Waals surface area contributed by atoms with E-state index in [0.29, 0.717) is 19.5 Å². The van der Waals surface area contributed by atoms with Gasteiger partial charge in [0.15, 0.2) is 0 Å². The maximum absolute atomic E-state index is 11.7. The largest absolute Gasteiger partial charge is 0.383 e. The van der Waals surface area contributed by atoms with E-state index in [4.69, 9.17) is 0 Å². The zero-order valence-corrected chi connectivity index (χ0v) is 12.7. The molecule has 0 radical (unpaired) electrons. The number of rotatable bonds is 2. The molecule has 114 valence electrons. The minimum absolute atomic E-state index is 0.0000463. The maximum atomic E-state index is 11.7. The van der Waals surface area contributed by atoms with Crippen LogP contribution in [0.15, 0.2) is 30.3 Å². The average molecular weight is 288 g/mol. The van der Waals surface area contributed by atoms with Crippen LogP contribution in [0.2, 0.25) is 0 Å². The van der Waals surface area contributed by atoms with Crippen LogP contribution < -0.4 is 0 Å². The number of aliphatic hydroxyl groups is 1. The van der Waals surface area contributed by atoms with E-state index < -0.39 is 5.60 Å². The predicted octanol–water partition coefficient (Wildman–Crippen LogP) is 1.59. The van der Waals surface area contributed by atoms with Crippen molar-refractivity contribution in [2.45, 2.75) is 37.8 Å². The summed E-state index contributed by atoms with van der Waals surface area (Å²) in [5, 5.41) is 11.4. The molecule has 2 saturated heterocycles. The van der Waals surface area contributed by atoms with E-state index in [1.807, 2.05) is 35.2 Å². The normalized spacial score (nSPS) is 30.6. The summed E-state index contributed by atoms with van der Waals surface area (Å²) < 4.78 is 0. The topological polar surface area (TPSA) is 43.8 Å². The average Bonchev–Trinajstić information content (AvgIpc) is 3.02. The van der Waals surface area contributed by atoms with Gasteiger partial charge in [0.25, 0.3) is 0 Å². The molecule has 21 heavy (non-hydrogen) atoms. The first-order chi connectivity index (χ1) is 10.1. The van der Waals surface area contributed by atoms with E-state index >= 15 is 0 Å². The Morgan fingerprint density at radius 2 is 1.86 bits per heavy atom. The minimum atomic E-state index is -0.850. The molecule has 1 amide bonds. The van der Waals surface area contributed by atoms with Crippen LogP contribution in [0.25, 0.3) is 0 Å². The number of likely N-dealkylation sites (tertiary alicyclic amines) is 2. The van der Waals surface area contributed by atoms with E-state index in [1.165, 1.54) is 12.8 Å². The fourth-order valence-corrected chi connectivity index (χ4v) is 3.74. The number of hydrogen-bond acceptors (Lipinski definition) is 3. The van der Waals surface area contributed by atoms with Crippen molar-refractivity contribution in [3.05, 3.63) is 35.9 Å². The van der Waals surface area contributed by atoms with Crippen LogP contribution in [0, 0.1) is 0 Å². The number of benzene rings is 1. The molecule has 0 spiro atoms. The van der Waals surface area contributed by atoms with Gasteiger partial charge in [-0.3, -0.25) is 9.69 Å². The highest BCUT2D eigenvalue weighted by Gasteiger charge is 2.46. The molecule has 4 heteroatoms. The second-order valence-corrected chi connectivity index (χ2v) is 6.26. The third-order valence-electron chi connectivity index (χ3n) is 5.01. The van der Waals surface area contributed by atoms with Crippen LogP contribution in [0.5, 0.6) is 0 Å². The molecule has 0 aliphatic carbocycles. The molecule has 3 rings (SSSR count). The minimum Gasteiger partial charge on any atom is -0.383 e. The molecule has 0 unspecified atom stereocenters. The summed E-state index contributed by atoms with van der Waals surface area (Å²) in [4.78, 5) is 16.0. The molecule has 2 fully saturated rings. The summed E-state index contributed by atoms with van der Waals surface area (Å²) >= 11 is 0. The Kier molecular flexibility index (Phi) is 4.00. The fraction of sp³-hybridized carbons (Fsp3) is 0.588. The van der Waals surface area contributed by atoms with Crippen LogP contribution in [-0.2, 0) is 10.4 Å². The molecule has 0 bridgehead atoms. The zero-order valence-electron chi connectivity index (χ0n) is 12.7. The SMILES string of the molecule is CC(=O)N1CC[C@@](O)(c2ccccc2)[C@H](N2CCCC2)C1. The van der Waals surface area contributed by atoms with Gasteiger partial charge in [-0.1, -0.05) is 30.3 Å². The molecule has 0 saturated carbocycles. The van der Waals surface area contributed by atoms with Crippen molar-refractivity contribution >= 4 is 5.91 Å². The molecule has 1 N–H and O–H groups in total. The highest BCUT2D eigenvalue weighted by atomic mass is 16.3. The van der Waals surface area contributed by atoms with E-state index in [2.05, 4.69) is 4.90 Å². The third-order valence-corrected chi connectivity index (χ3v) is 5.01. The molecule has 1 aromatic carbocycles. The second kappa shape index (κ2) is 5.78. The van der Waals surface area contributed by atoms with Crippen LogP contribution >= 0.6 is 0 Å². The number of carbonyl (C=O) groups excluding carboxylic acids is 1. The Morgan fingerprint density at radius 3 is 2.48 bits per heavy atom. The van der Waals surface area contributed by atoms with Crippen molar-refractivity contribution in [2.75, 3.05) is 26.2 Å². The van der Waals surface area contributed by atoms with Crippen LogP contribution in [0.3, 0.4) is 0 Å². The molecule has 1 aromatic rings. The van der Waals surface area contributed by atoms with Gasteiger partial charge in [-0.15, -0.1) is 0 Å². The number of piperidine rings is 1. The van der Waals surface area contributed by atoms with Gasteiger partial charge in [0.05, 0.1) is 6.04 Å². The van der Waals surface area contributed by atoms with Gasteiger partial charge < -0.3 is 10.0 Å². The van der Waals surface area contributed by atoms with Crippen molar-refractivity contribution < 1.29 is 9.90 Å². The Morgan fingerprint density at radius 1 is 1.19 bits per heavy atom. The van der Waals surface area contributed by atoms with Crippen LogP contribution in [0.1, 0.15) is 31.7 Å². The first-order valence-corrected chi connectivity index (χ1v) is 7.89. The van der Waals surface area contributed by atoms with E-state index in [-0.39, 0.29) is 11.9 Å². The predicted molar refractivity (Wildman–Crippen MR) is 81.8 cm³/mol. The van der Waals surface area contributed by atoms with Gasteiger partial charge in [-0.25, -0.2) is 0 Å². The number of amides is 1. The summed E-state index contributed by atoms with van der Waals surface area (Å²) in [7, 11) is 0. The summed E-state index contributed by atoms with van der Waals surface area (Å²) in [6.07, 6.45) is 2.97. The lowest BCUT2D eigenvalue weighted by atomic mass is 9.79. The summed E-state index contributed by atoms with van der Waals surface area (Å²) in [6, 6.07) is 9.94. The van der Waals surface area contributed by atoms with Crippen molar-refractivity contribution in [3.8, 4) is 0 Å². The molecule has 4 nitrogen and oxygen atoms in total. The zero-order chi connectivity index (χ0) is 14.9. The van der Waals surface area contributed by atoms with Crippen molar-refractivity contribution in [1.29, 1.82) is 0 Å². The van der Waals surface area contributed by atoms with E-state index in [9.17, 15) is 9.90 Å². The number of carbonyl (C=O) groups is 1. The van der Waals surface area contributed by atoms with Crippen LogP contribution in [-0.4, -0.2) is 53.0 Å². The van der Waals surface area contributed by atoms with E-state index in [1.54, 1.807) is 6.92 Å². The van der Waals surface area contributed by atoms with Gasteiger partial charge in [0.1, 0.15) is 5.60 Å². The first kappa shape index (κ1) is 14.5. The Labute approximate surface area is 126 Å². The first-order valence-electron chi connectivity index (χ1n) is 7.89. The van der Waals surface area contributed by atoms with Gasteiger partial charge in [-0.05, 0) is 37.9 Å².